The quantitative estimate of drug-likeness (QED) is 0.692. The van der Waals surface area contributed by atoms with Crippen LogP contribution in [0.2, 0.25) is 0 Å². The number of hydrogen-bond acceptors (Lipinski definition) is 2. The molecule has 1 N–H and O–H groups in total. The van der Waals surface area contributed by atoms with Crippen LogP contribution in [0.5, 0.6) is 0 Å². The summed E-state index contributed by atoms with van der Waals surface area (Å²) in [5, 5.41) is 3.47. The fourth-order valence-electron chi connectivity index (χ4n) is 2.95. The fraction of sp³-hybridized carbons (Fsp3) is 1.00. The molecule has 0 bridgehead atoms. The van der Waals surface area contributed by atoms with Crippen molar-refractivity contribution >= 4 is 0 Å². The van der Waals surface area contributed by atoms with E-state index in [1.54, 1.807) is 0 Å². The molecule has 0 atom stereocenters. The van der Waals surface area contributed by atoms with Gasteiger partial charge in [-0.2, -0.15) is 0 Å². The third kappa shape index (κ3) is 1.96. The number of rotatable bonds is 4. The molecule has 0 unspecified atom stereocenters. The molecule has 2 heteroatoms. The molecule has 2 fully saturated rings. The van der Waals surface area contributed by atoms with Crippen molar-refractivity contribution in [2.75, 3.05) is 26.2 Å². The molecule has 0 amide bonds. The average Bonchev–Trinajstić information content (AvgIpc) is 2.24. The highest BCUT2D eigenvalue weighted by atomic mass is 15.3. The number of nitrogens with zero attached hydrogens (tertiary/aromatic N) is 1. The lowest BCUT2D eigenvalue weighted by Crippen LogP contribution is -2.63. The molecule has 0 aromatic carbocycles. The van der Waals surface area contributed by atoms with Gasteiger partial charge in [-0.05, 0) is 45.3 Å². The smallest absolute Gasteiger partial charge is 0.0245 e. The molecule has 0 aromatic rings. The Labute approximate surface area is 88.1 Å². The van der Waals surface area contributed by atoms with E-state index in [0.717, 1.165) is 0 Å². The minimum absolute atomic E-state index is 0.638. The Morgan fingerprint density at radius 3 is 2.50 bits per heavy atom. The molecule has 0 radical (unpaired) electrons. The van der Waals surface area contributed by atoms with Gasteiger partial charge < -0.3 is 5.32 Å². The lowest BCUT2D eigenvalue weighted by Gasteiger charge is -2.55. The van der Waals surface area contributed by atoms with Gasteiger partial charge in [0.15, 0.2) is 0 Å². The van der Waals surface area contributed by atoms with Crippen LogP contribution in [0, 0.1) is 0 Å². The SMILES string of the molecule is CCCCCN1CCC12CCNCC2. The molecule has 82 valence electrons. The number of hydrogen-bond donors (Lipinski definition) is 1. The minimum Gasteiger partial charge on any atom is -0.317 e. The molecule has 2 nitrogen and oxygen atoms in total. The first-order chi connectivity index (χ1) is 6.87. The summed E-state index contributed by atoms with van der Waals surface area (Å²) in [6.45, 7) is 7.49. The first-order valence-electron chi connectivity index (χ1n) is 6.33. The average molecular weight is 196 g/mol. The second kappa shape index (κ2) is 4.63. The van der Waals surface area contributed by atoms with Crippen LogP contribution in [-0.4, -0.2) is 36.6 Å². The van der Waals surface area contributed by atoms with E-state index in [9.17, 15) is 0 Å². The molecule has 2 aliphatic heterocycles. The van der Waals surface area contributed by atoms with Gasteiger partial charge in [0, 0.05) is 12.1 Å². The maximum atomic E-state index is 3.47. The van der Waals surface area contributed by atoms with Gasteiger partial charge in [0.05, 0.1) is 0 Å². The van der Waals surface area contributed by atoms with E-state index >= 15 is 0 Å². The number of nitrogens with one attached hydrogen (secondary N) is 1. The van der Waals surface area contributed by atoms with Crippen LogP contribution in [0.25, 0.3) is 0 Å². The molecule has 2 aliphatic rings. The summed E-state index contributed by atoms with van der Waals surface area (Å²) in [4.78, 5) is 2.75. The molecule has 14 heavy (non-hydrogen) atoms. The first kappa shape index (κ1) is 10.4. The Hall–Kier alpha value is -0.0800. The normalized spacial score (nSPS) is 26.4. The molecule has 2 saturated heterocycles. The van der Waals surface area contributed by atoms with Gasteiger partial charge in [0.25, 0.3) is 0 Å². The van der Waals surface area contributed by atoms with E-state index in [1.807, 2.05) is 0 Å². The molecule has 2 heterocycles. The summed E-state index contributed by atoms with van der Waals surface area (Å²) in [7, 11) is 0. The summed E-state index contributed by atoms with van der Waals surface area (Å²) in [5.41, 5.74) is 0.638. The van der Waals surface area contributed by atoms with Crippen LogP contribution >= 0.6 is 0 Å². The third-order valence-electron chi connectivity index (χ3n) is 4.08. The maximum absolute atomic E-state index is 3.47. The minimum atomic E-state index is 0.638. The van der Waals surface area contributed by atoms with Crippen LogP contribution in [0.3, 0.4) is 0 Å². The van der Waals surface area contributed by atoms with Gasteiger partial charge >= 0.3 is 0 Å². The van der Waals surface area contributed by atoms with E-state index < -0.39 is 0 Å². The van der Waals surface area contributed by atoms with Crippen molar-refractivity contribution in [2.24, 2.45) is 0 Å². The van der Waals surface area contributed by atoms with E-state index in [4.69, 9.17) is 0 Å². The zero-order chi connectivity index (χ0) is 9.86. The topological polar surface area (TPSA) is 15.3 Å². The predicted octanol–water partition coefficient (Wildman–Crippen LogP) is 2.00. The molecule has 0 saturated carbocycles. The number of unbranched alkanes of at least 4 members (excludes halogenated alkanes) is 2. The lowest BCUT2D eigenvalue weighted by atomic mass is 9.77. The lowest BCUT2D eigenvalue weighted by molar-refractivity contribution is -0.0376. The van der Waals surface area contributed by atoms with E-state index in [0.29, 0.717) is 5.54 Å². The van der Waals surface area contributed by atoms with Gasteiger partial charge in [-0.15, -0.1) is 0 Å². The van der Waals surface area contributed by atoms with Gasteiger partial charge in [-0.25, -0.2) is 0 Å². The Kier molecular flexibility index (Phi) is 3.45. The van der Waals surface area contributed by atoms with Crippen molar-refractivity contribution in [1.29, 1.82) is 0 Å². The second-order valence-electron chi connectivity index (χ2n) is 4.92. The van der Waals surface area contributed by atoms with Crippen molar-refractivity contribution in [3.8, 4) is 0 Å². The van der Waals surface area contributed by atoms with Gasteiger partial charge in [0.1, 0.15) is 0 Å². The highest BCUT2D eigenvalue weighted by Gasteiger charge is 2.44. The number of piperidine rings is 1. The Morgan fingerprint density at radius 2 is 1.93 bits per heavy atom. The highest BCUT2D eigenvalue weighted by Crippen LogP contribution is 2.38. The monoisotopic (exact) mass is 196 g/mol. The molecular weight excluding hydrogens is 172 g/mol. The Balaban J connectivity index is 1.76. The van der Waals surface area contributed by atoms with Crippen molar-refractivity contribution in [3.63, 3.8) is 0 Å². The summed E-state index contributed by atoms with van der Waals surface area (Å²) in [6.07, 6.45) is 8.40. The summed E-state index contributed by atoms with van der Waals surface area (Å²) >= 11 is 0. The summed E-state index contributed by atoms with van der Waals surface area (Å²) < 4.78 is 0. The molecule has 0 aliphatic carbocycles. The second-order valence-corrected chi connectivity index (χ2v) is 4.92. The summed E-state index contributed by atoms with van der Waals surface area (Å²) in [5.74, 6) is 0. The third-order valence-corrected chi connectivity index (χ3v) is 4.08. The fourth-order valence-corrected chi connectivity index (χ4v) is 2.95. The standard InChI is InChI=1S/C12H24N2/c1-2-3-4-10-14-11-7-12(14)5-8-13-9-6-12/h13H,2-11H2,1H3. The van der Waals surface area contributed by atoms with Gasteiger partial charge in [-0.1, -0.05) is 19.8 Å². The zero-order valence-corrected chi connectivity index (χ0v) is 9.52. The van der Waals surface area contributed by atoms with Crippen LogP contribution in [0.15, 0.2) is 0 Å². The van der Waals surface area contributed by atoms with E-state index in [2.05, 4.69) is 17.1 Å². The maximum Gasteiger partial charge on any atom is 0.0245 e. The molecule has 2 rings (SSSR count). The van der Waals surface area contributed by atoms with E-state index in [-0.39, 0.29) is 0 Å². The predicted molar refractivity (Wildman–Crippen MR) is 60.5 cm³/mol. The van der Waals surface area contributed by atoms with Gasteiger partial charge in [0.2, 0.25) is 0 Å². The Morgan fingerprint density at radius 1 is 1.14 bits per heavy atom. The van der Waals surface area contributed by atoms with Crippen molar-refractivity contribution < 1.29 is 0 Å². The van der Waals surface area contributed by atoms with E-state index in [1.165, 1.54) is 64.7 Å². The van der Waals surface area contributed by atoms with Crippen LogP contribution in [0.1, 0.15) is 45.4 Å². The van der Waals surface area contributed by atoms with Gasteiger partial charge in [-0.3, -0.25) is 4.90 Å². The Bertz CT molecular complexity index is 173. The van der Waals surface area contributed by atoms with Crippen LogP contribution in [0.4, 0.5) is 0 Å². The highest BCUT2D eigenvalue weighted by molar-refractivity contribution is 5.01. The largest absolute Gasteiger partial charge is 0.317 e. The molecule has 0 aromatic heterocycles. The van der Waals surface area contributed by atoms with Crippen LogP contribution in [-0.2, 0) is 0 Å². The molecule has 1 spiro atoms. The molecular formula is C12H24N2. The van der Waals surface area contributed by atoms with Crippen molar-refractivity contribution in [3.05, 3.63) is 0 Å². The summed E-state index contributed by atoms with van der Waals surface area (Å²) in [6, 6.07) is 0. The zero-order valence-electron chi connectivity index (χ0n) is 9.52. The van der Waals surface area contributed by atoms with Crippen molar-refractivity contribution in [1.82, 2.24) is 10.2 Å². The first-order valence-corrected chi connectivity index (χ1v) is 6.33. The van der Waals surface area contributed by atoms with Crippen molar-refractivity contribution in [2.45, 2.75) is 51.0 Å². The van der Waals surface area contributed by atoms with Crippen LogP contribution < -0.4 is 5.32 Å². The number of likely N-dealkylation sites (tertiary alicyclic amines) is 1.